The van der Waals surface area contributed by atoms with Crippen LogP contribution in [0.4, 0.5) is 24.5 Å². The highest BCUT2D eigenvalue weighted by Gasteiger charge is 2.26. The van der Waals surface area contributed by atoms with Crippen LogP contribution < -0.4 is 10.5 Å². The molecular formula is C9H12F3N3O4S. The molecule has 0 aliphatic rings. The van der Waals surface area contributed by atoms with E-state index in [9.17, 15) is 23.3 Å². The number of rotatable bonds is 4. The molecule has 0 saturated carbocycles. The normalized spacial score (nSPS) is 10.7. The van der Waals surface area contributed by atoms with Crippen molar-refractivity contribution in [3.05, 3.63) is 34.4 Å². The number of nitrogens with zero attached hydrogens (tertiary/aromatic N) is 1. The van der Waals surface area contributed by atoms with Crippen LogP contribution in [0, 0.1) is 10.1 Å². The second kappa shape index (κ2) is 8.32. The number of nitro groups is 1. The third-order valence-electron chi connectivity index (χ3n) is 1.82. The SMILES string of the molecule is N[SH](=O)=O.O=[N+]([O-])c1ccccc1NCCC(F)(F)F. The lowest BCUT2D eigenvalue weighted by Crippen LogP contribution is -2.15. The Kier molecular flexibility index (Phi) is 7.54. The van der Waals surface area contributed by atoms with Crippen LogP contribution in [-0.4, -0.2) is 26.1 Å². The van der Waals surface area contributed by atoms with Crippen LogP contribution in [0.25, 0.3) is 0 Å². The molecular weight excluding hydrogens is 303 g/mol. The topological polar surface area (TPSA) is 115 Å². The van der Waals surface area contributed by atoms with Crippen molar-refractivity contribution in [3.8, 4) is 0 Å². The van der Waals surface area contributed by atoms with Crippen molar-refractivity contribution in [2.24, 2.45) is 5.14 Å². The molecule has 1 rings (SSSR count). The van der Waals surface area contributed by atoms with E-state index in [1.54, 1.807) is 0 Å². The summed E-state index contributed by atoms with van der Waals surface area (Å²) in [5.74, 6) is 0. The van der Waals surface area contributed by atoms with Gasteiger partial charge in [-0.1, -0.05) is 12.1 Å². The molecule has 0 unspecified atom stereocenters. The minimum atomic E-state index is -4.27. The van der Waals surface area contributed by atoms with Crippen molar-refractivity contribution in [1.82, 2.24) is 0 Å². The summed E-state index contributed by atoms with van der Waals surface area (Å²) in [4.78, 5) is 9.88. The summed E-state index contributed by atoms with van der Waals surface area (Å²) in [6.45, 7) is -0.381. The van der Waals surface area contributed by atoms with Crippen molar-refractivity contribution in [2.75, 3.05) is 11.9 Å². The Morgan fingerprint density at radius 3 is 2.25 bits per heavy atom. The lowest BCUT2D eigenvalue weighted by molar-refractivity contribution is -0.384. The second-order valence-corrected chi connectivity index (χ2v) is 3.92. The van der Waals surface area contributed by atoms with Gasteiger partial charge in [0.2, 0.25) is 0 Å². The molecule has 0 aliphatic carbocycles. The van der Waals surface area contributed by atoms with Crippen LogP contribution >= 0.6 is 0 Å². The fourth-order valence-electron chi connectivity index (χ4n) is 1.12. The molecule has 1 aromatic rings. The van der Waals surface area contributed by atoms with E-state index >= 15 is 0 Å². The van der Waals surface area contributed by atoms with E-state index in [0.29, 0.717) is 0 Å². The molecule has 0 radical (unpaired) electrons. The van der Waals surface area contributed by atoms with Gasteiger partial charge in [0, 0.05) is 12.6 Å². The molecule has 0 bridgehead atoms. The maximum Gasteiger partial charge on any atom is 0.390 e. The largest absolute Gasteiger partial charge is 0.390 e. The zero-order chi connectivity index (χ0) is 15.8. The first-order valence-corrected chi connectivity index (χ1v) is 6.31. The Labute approximate surface area is 113 Å². The van der Waals surface area contributed by atoms with Gasteiger partial charge < -0.3 is 5.32 Å². The summed E-state index contributed by atoms with van der Waals surface area (Å²) in [5.41, 5.74) is -0.138. The van der Waals surface area contributed by atoms with E-state index in [1.807, 2.05) is 0 Å². The van der Waals surface area contributed by atoms with Gasteiger partial charge in [0.15, 0.2) is 10.9 Å². The van der Waals surface area contributed by atoms with Crippen LogP contribution in [0.5, 0.6) is 0 Å². The quantitative estimate of drug-likeness (QED) is 0.441. The van der Waals surface area contributed by atoms with Gasteiger partial charge in [0.1, 0.15) is 5.69 Å². The highest BCUT2D eigenvalue weighted by atomic mass is 32.2. The molecule has 7 nitrogen and oxygen atoms in total. The fraction of sp³-hybridized carbons (Fsp3) is 0.333. The molecule has 114 valence electrons. The number of para-hydroxylation sites is 2. The molecule has 20 heavy (non-hydrogen) atoms. The highest BCUT2D eigenvalue weighted by Crippen LogP contribution is 2.24. The summed E-state index contributed by atoms with van der Waals surface area (Å²) in [6, 6.07) is 5.57. The molecule has 3 N–H and O–H groups in total. The van der Waals surface area contributed by atoms with E-state index in [4.69, 9.17) is 8.42 Å². The van der Waals surface area contributed by atoms with Crippen LogP contribution in [-0.2, 0) is 10.9 Å². The summed E-state index contributed by atoms with van der Waals surface area (Å²) in [7, 11) is -2.62. The summed E-state index contributed by atoms with van der Waals surface area (Å²) < 4.78 is 53.2. The molecule has 0 amide bonds. The number of anilines is 1. The number of hydrogen-bond donors (Lipinski definition) is 3. The predicted molar refractivity (Wildman–Crippen MR) is 66.8 cm³/mol. The van der Waals surface area contributed by atoms with Crippen molar-refractivity contribution in [1.29, 1.82) is 0 Å². The third-order valence-corrected chi connectivity index (χ3v) is 1.82. The highest BCUT2D eigenvalue weighted by molar-refractivity contribution is 7.69. The summed E-state index contributed by atoms with van der Waals surface area (Å²) in [6.07, 6.45) is -5.30. The Morgan fingerprint density at radius 1 is 1.30 bits per heavy atom. The van der Waals surface area contributed by atoms with Gasteiger partial charge in [0.05, 0.1) is 11.3 Å². The van der Waals surface area contributed by atoms with Crippen molar-refractivity contribution < 1.29 is 26.5 Å². The standard InChI is InChI=1S/C9H9F3N2O2.H3NO2S/c10-9(11,12)5-6-13-7-3-1-2-4-8(7)14(15)16;1-4(2)3/h1-4,13H,5-6H2;4H,(H2,1,2,3). The van der Waals surface area contributed by atoms with Crippen molar-refractivity contribution in [2.45, 2.75) is 12.6 Å². The van der Waals surface area contributed by atoms with Crippen LogP contribution in [0.3, 0.4) is 0 Å². The minimum Gasteiger partial charge on any atom is -0.379 e. The zero-order valence-electron chi connectivity index (χ0n) is 9.96. The average Bonchev–Trinajstić information content (AvgIpc) is 2.27. The van der Waals surface area contributed by atoms with Gasteiger partial charge >= 0.3 is 6.18 Å². The maximum atomic E-state index is 11.8. The van der Waals surface area contributed by atoms with Crippen LogP contribution in [0.1, 0.15) is 6.42 Å². The van der Waals surface area contributed by atoms with E-state index in [1.165, 1.54) is 24.3 Å². The first-order chi connectivity index (χ1) is 9.13. The molecule has 0 spiro atoms. The molecule has 0 aromatic heterocycles. The van der Waals surface area contributed by atoms with Crippen molar-refractivity contribution >= 4 is 22.3 Å². The number of nitrogens with two attached hydrogens (primary N) is 1. The Hall–Kier alpha value is -1.88. The summed E-state index contributed by atoms with van der Waals surface area (Å²) >= 11 is 0. The Balaban J connectivity index is 0.000000796. The maximum absolute atomic E-state index is 11.8. The van der Waals surface area contributed by atoms with Gasteiger partial charge in [0.25, 0.3) is 5.69 Å². The predicted octanol–water partition coefficient (Wildman–Crippen LogP) is 1.43. The zero-order valence-corrected chi connectivity index (χ0v) is 10.9. The van der Waals surface area contributed by atoms with Crippen LogP contribution in [0.15, 0.2) is 24.3 Å². The second-order valence-electron chi connectivity index (χ2n) is 3.35. The van der Waals surface area contributed by atoms with E-state index in [2.05, 4.69) is 10.5 Å². The number of benzene rings is 1. The van der Waals surface area contributed by atoms with Crippen molar-refractivity contribution in [3.63, 3.8) is 0 Å². The summed E-state index contributed by atoms with van der Waals surface area (Å²) in [5, 5.41) is 17.0. The van der Waals surface area contributed by atoms with E-state index < -0.39 is 28.4 Å². The number of halogens is 3. The van der Waals surface area contributed by atoms with Gasteiger partial charge in [-0.2, -0.15) is 13.2 Å². The number of nitro benzene ring substituents is 1. The van der Waals surface area contributed by atoms with E-state index in [-0.39, 0.29) is 17.9 Å². The third kappa shape index (κ3) is 9.10. The first kappa shape index (κ1) is 18.1. The molecule has 1 aromatic carbocycles. The lowest BCUT2D eigenvalue weighted by Gasteiger charge is -2.08. The molecule has 0 saturated heterocycles. The minimum absolute atomic E-state index is 0.0942. The lowest BCUT2D eigenvalue weighted by atomic mass is 10.2. The smallest absolute Gasteiger partial charge is 0.379 e. The average molecular weight is 315 g/mol. The molecule has 0 atom stereocenters. The number of nitrogens with one attached hydrogen (secondary N) is 1. The van der Waals surface area contributed by atoms with Gasteiger partial charge in [-0.15, -0.1) is 0 Å². The van der Waals surface area contributed by atoms with Crippen LogP contribution in [0.2, 0.25) is 0 Å². The number of alkyl halides is 3. The fourth-order valence-corrected chi connectivity index (χ4v) is 1.12. The van der Waals surface area contributed by atoms with Gasteiger partial charge in [-0.25, -0.2) is 13.6 Å². The molecule has 0 aliphatic heterocycles. The monoisotopic (exact) mass is 315 g/mol. The van der Waals surface area contributed by atoms with Gasteiger partial charge in [-0.05, 0) is 6.07 Å². The van der Waals surface area contributed by atoms with Gasteiger partial charge in [-0.3, -0.25) is 10.1 Å². The molecule has 0 fully saturated rings. The Bertz CT molecular complexity index is 511. The van der Waals surface area contributed by atoms with E-state index in [0.717, 1.165) is 0 Å². The molecule has 0 heterocycles. The number of thiol groups is 1. The number of hydrogen-bond acceptors (Lipinski definition) is 5. The Morgan fingerprint density at radius 2 is 1.80 bits per heavy atom. The first-order valence-electron chi connectivity index (χ1n) is 5.06. The molecule has 11 heteroatoms.